The number of benzene rings is 1. The molecule has 1 aromatic rings. The van der Waals surface area contributed by atoms with Crippen molar-refractivity contribution < 1.29 is 78.2 Å². The standard InChI is InChI=1S/C15H18BF4O2.K/c17-13-4-3-11(16(18,19)20)9-14(13)22-12-5-8-21-15(10-12)6-1-2-7-15;/h3-4,9,12H,1-2,5-8,10H2;/q-1;+1. The number of ether oxygens (including phenoxy) is 2. The molecule has 1 spiro atoms. The van der Waals surface area contributed by atoms with Crippen LogP contribution in [0.4, 0.5) is 17.3 Å². The van der Waals surface area contributed by atoms with Gasteiger partial charge in [-0.2, -0.15) is 0 Å². The molecule has 0 aromatic heterocycles. The molecule has 23 heavy (non-hydrogen) atoms. The van der Waals surface area contributed by atoms with E-state index in [4.69, 9.17) is 9.47 Å². The zero-order valence-electron chi connectivity index (χ0n) is 13.2. The predicted molar refractivity (Wildman–Crippen MR) is 75.9 cm³/mol. The van der Waals surface area contributed by atoms with Crippen LogP contribution in [0, 0.1) is 5.82 Å². The van der Waals surface area contributed by atoms with Crippen molar-refractivity contribution in [1.82, 2.24) is 0 Å². The number of rotatable bonds is 3. The molecule has 1 unspecified atom stereocenters. The molecule has 2 fully saturated rings. The monoisotopic (exact) mass is 356 g/mol. The van der Waals surface area contributed by atoms with E-state index in [-0.39, 0.29) is 68.8 Å². The van der Waals surface area contributed by atoms with Crippen LogP contribution in [-0.2, 0) is 4.74 Å². The average molecular weight is 356 g/mol. The topological polar surface area (TPSA) is 18.5 Å². The molecule has 2 aliphatic rings. The van der Waals surface area contributed by atoms with Crippen molar-refractivity contribution in [2.75, 3.05) is 6.61 Å². The largest absolute Gasteiger partial charge is 1.00 e. The van der Waals surface area contributed by atoms with Gasteiger partial charge >= 0.3 is 58.4 Å². The van der Waals surface area contributed by atoms with E-state index in [2.05, 4.69) is 0 Å². The molecule has 0 N–H and O–H groups in total. The minimum absolute atomic E-state index is 0. The molecule has 0 amide bonds. The maximum absolute atomic E-state index is 13.8. The van der Waals surface area contributed by atoms with Gasteiger partial charge in [0.2, 0.25) is 0 Å². The average Bonchev–Trinajstić information content (AvgIpc) is 2.88. The van der Waals surface area contributed by atoms with Gasteiger partial charge in [0.1, 0.15) is 6.10 Å². The minimum atomic E-state index is -5.16. The minimum Gasteiger partial charge on any atom is -0.487 e. The fourth-order valence-electron chi connectivity index (χ4n) is 3.44. The smallest absolute Gasteiger partial charge is 0.487 e. The molecule has 1 atom stereocenters. The first-order valence-corrected chi connectivity index (χ1v) is 7.68. The molecular weight excluding hydrogens is 338 g/mol. The van der Waals surface area contributed by atoms with Gasteiger partial charge < -0.3 is 22.4 Å². The first-order chi connectivity index (χ1) is 10.4. The van der Waals surface area contributed by atoms with E-state index in [1.54, 1.807) is 0 Å². The number of hydrogen-bond donors (Lipinski definition) is 0. The summed E-state index contributed by atoms with van der Waals surface area (Å²) in [6, 6.07) is 2.35. The molecule has 1 saturated heterocycles. The summed E-state index contributed by atoms with van der Waals surface area (Å²) in [5, 5.41) is 0. The predicted octanol–water partition coefficient (Wildman–Crippen LogP) is 0.755. The van der Waals surface area contributed by atoms with Crippen LogP contribution in [0.15, 0.2) is 18.2 Å². The van der Waals surface area contributed by atoms with Crippen molar-refractivity contribution in [3.05, 3.63) is 24.0 Å². The molecule has 0 radical (unpaired) electrons. The maximum Gasteiger partial charge on any atom is 1.00 e. The zero-order chi connectivity index (χ0) is 15.8. The van der Waals surface area contributed by atoms with E-state index in [1.807, 2.05) is 0 Å². The Bertz CT molecular complexity index is 547. The molecule has 1 aliphatic carbocycles. The second-order valence-electron chi connectivity index (χ2n) is 6.24. The van der Waals surface area contributed by atoms with Gasteiger partial charge in [0.25, 0.3) is 0 Å². The van der Waals surface area contributed by atoms with E-state index in [0.29, 0.717) is 19.4 Å². The Morgan fingerprint density at radius 3 is 2.52 bits per heavy atom. The Morgan fingerprint density at radius 1 is 1.17 bits per heavy atom. The normalized spacial score (nSPS) is 23.6. The second kappa shape index (κ2) is 7.74. The van der Waals surface area contributed by atoms with E-state index >= 15 is 0 Å². The maximum atomic E-state index is 13.8. The van der Waals surface area contributed by atoms with Crippen LogP contribution >= 0.6 is 0 Å². The fraction of sp³-hybridized carbons (Fsp3) is 0.600. The van der Waals surface area contributed by atoms with E-state index in [0.717, 1.165) is 43.9 Å². The van der Waals surface area contributed by atoms with Gasteiger partial charge in [-0.3, -0.25) is 0 Å². The Morgan fingerprint density at radius 2 is 1.87 bits per heavy atom. The van der Waals surface area contributed by atoms with Gasteiger partial charge in [-0.25, -0.2) is 4.39 Å². The third kappa shape index (κ3) is 4.73. The van der Waals surface area contributed by atoms with Crippen LogP contribution in [0.1, 0.15) is 38.5 Å². The van der Waals surface area contributed by atoms with Gasteiger partial charge in [0.15, 0.2) is 11.6 Å². The van der Waals surface area contributed by atoms with Crippen molar-refractivity contribution in [2.45, 2.75) is 50.2 Å². The van der Waals surface area contributed by atoms with Crippen molar-refractivity contribution in [2.24, 2.45) is 0 Å². The third-order valence-electron chi connectivity index (χ3n) is 4.59. The van der Waals surface area contributed by atoms with Crippen molar-refractivity contribution in [3.63, 3.8) is 0 Å². The van der Waals surface area contributed by atoms with Gasteiger partial charge in [-0.05, 0) is 25.0 Å². The first kappa shape index (κ1) is 19.7. The van der Waals surface area contributed by atoms with E-state index < -0.39 is 18.3 Å². The summed E-state index contributed by atoms with van der Waals surface area (Å²) in [6.07, 6.45) is 4.97. The molecule has 1 aromatic carbocycles. The first-order valence-electron chi connectivity index (χ1n) is 7.68. The fourth-order valence-corrected chi connectivity index (χ4v) is 3.44. The number of hydrogen-bond acceptors (Lipinski definition) is 2. The van der Waals surface area contributed by atoms with Crippen LogP contribution in [-0.4, -0.2) is 25.3 Å². The van der Waals surface area contributed by atoms with Gasteiger partial charge in [0, 0.05) is 12.8 Å². The van der Waals surface area contributed by atoms with Gasteiger partial charge in [-0.15, -0.1) is 5.46 Å². The summed E-state index contributed by atoms with van der Waals surface area (Å²) in [7, 11) is 0. The van der Waals surface area contributed by atoms with E-state index in [1.165, 1.54) is 0 Å². The van der Waals surface area contributed by atoms with Crippen molar-refractivity contribution in [1.29, 1.82) is 0 Å². The summed E-state index contributed by atoms with van der Waals surface area (Å²) in [5.74, 6) is -1.06. The van der Waals surface area contributed by atoms with Gasteiger partial charge in [0.05, 0.1) is 12.2 Å². The number of halogens is 4. The van der Waals surface area contributed by atoms with E-state index in [9.17, 15) is 17.3 Å². The van der Waals surface area contributed by atoms with Crippen molar-refractivity contribution in [3.8, 4) is 5.75 Å². The molecule has 3 rings (SSSR count). The molecule has 122 valence electrons. The zero-order valence-corrected chi connectivity index (χ0v) is 16.3. The van der Waals surface area contributed by atoms with Crippen LogP contribution in [0.5, 0.6) is 5.75 Å². The molecule has 0 bridgehead atoms. The quantitative estimate of drug-likeness (QED) is 0.588. The summed E-state index contributed by atoms with van der Waals surface area (Å²) in [6.45, 7) is -4.65. The molecule has 1 aliphatic heterocycles. The Kier molecular flexibility index (Phi) is 6.64. The summed E-state index contributed by atoms with van der Waals surface area (Å²) >= 11 is 0. The summed E-state index contributed by atoms with van der Waals surface area (Å²) in [4.78, 5) is 0. The Balaban J connectivity index is 0.00000192. The molecule has 2 nitrogen and oxygen atoms in total. The van der Waals surface area contributed by atoms with Crippen LogP contribution in [0.3, 0.4) is 0 Å². The SMILES string of the molecule is Fc1ccc([B-](F)(F)F)cc1OC1CCOC2(CCCC2)C1.[K+]. The summed E-state index contributed by atoms with van der Waals surface area (Å²) < 4.78 is 63.5. The van der Waals surface area contributed by atoms with Gasteiger partial charge in [-0.1, -0.05) is 18.9 Å². The third-order valence-corrected chi connectivity index (χ3v) is 4.59. The molecule has 8 heteroatoms. The Hall–Kier alpha value is 0.401. The van der Waals surface area contributed by atoms with Crippen LogP contribution in [0.25, 0.3) is 0 Å². The van der Waals surface area contributed by atoms with Crippen LogP contribution < -0.4 is 61.6 Å². The molecule has 1 saturated carbocycles. The summed E-state index contributed by atoms with van der Waals surface area (Å²) in [5.41, 5.74) is -1.05. The Labute approximate surface area is 175 Å². The molecule has 1 heterocycles. The van der Waals surface area contributed by atoms with Crippen molar-refractivity contribution >= 4 is 12.4 Å². The second-order valence-corrected chi connectivity index (χ2v) is 6.24. The van der Waals surface area contributed by atoms with Crippen LogP contribution in [0.2, 0.25) is 0 Å². The molecular formula is C15H18BF4KO2.